The third kappa shape index (κ3) is 4.09. The van der Waals surface area contributed by atoms with Crippen molar-refractivity contribution in [3.8, 4) is 6.07 Å². The summed E-state index contributed by atoms with van der Waals surface area (Å²) in [5.74, 6) is 0.503. The van der Waals surface area contributed by atoms with Gasteiger partial charge in [-0.1, -0.05) is 6.07 Å². The summed E-state index contributed by atoms with van der Waals surface area (Å²) in [4.78, 5) is 18.2. The van der Waals surface area contributed by atoms with Gasteiger partial charge in [-0.2, -0.15) is 5.26 Å². The van der Waals surface area contributed by atoms with Crippen LogP contribution in [0.25, 0.3) is 0 Å². The number of likely N-dealkylation sites (tertiary alicyclic amines) is 1. The lowest BCUT2D eigenvalue weighted by Crippen LogP contribution is -2.41. The molecule has 1 saturated heterocycles. The lowest BCUT2D eigenvalue weighted by atomic mass is 9.94. The summed E-state index contributed by atoms with van der Waals surface area (Å²) in [6.07, 6.45) is 2.89. The Morgan fingerprint density at radius 1 is 1.34 bits per heavy atom. The molecule has 7 heteroatoms. The fraction of sp³-hybridized carbons (Fsp3) is 0.409. The number of rotatable bonds is 5. The molecule has 3 heterocycles. The number of aliphatic hydroxyl groups is 1. The Hall–Kier alpha value is -2.95. The number of carbonyl (C=O) groups excluding carboxylic acids is 1. The maximum absolute atomic E-state index is 11.7. The summed E-state index contributed by atoms with van der Waals surface area (Å²) < 4.78 is 5.10. The summed E-state index contributed by atoms with van der Waals surface area (Å²) in [5, 5.41) is 23.1. The molecule has 0 aliphatic carbocycles. The number of piperidine rings is 1. The van der Waals surface area contributed by atoms with E-state index >= 15 is 0 Å². The van der Waals surface area contributed by atoms with Crippen molar-refractivity contribution < 1.29 is 14.6 Å². The fourth-order valence-corrected chi connectivity index (χ4v) is 4.09. The SMILES string of the molecule is Cc1c(C(O)CN2CCC(Nc3ccc(C#N)cn3)CC2)ccc2c1COC2=O. The Kier molecular flexibility index (Phi) is 5.47. The summed E-state index contributed by atoms with van der Waals surface area (Å²) in [6, 6.07) is 9.60. The molecular weight excluding hydrogens is 368 g/mol. The lowest BCUT2D eigenvalue weighted by molar-refractivity contribution is 0.0535. The molecule has 29 heavy (non-hydrogen) atoms. The van der Waals surface area contributed by atoms with E-state index in [2.05, 4.69) is 21.3 Å². The minimum Gasteiger partial charge on any atom is -0.457 e. The minimum absolute atomic E-state index is 0.282. The van der Waals surface area contributed by atoms with Gasteiger partial charge in [-0.05, 0) is 49.1 Å². The van der Waals surface area contributed by atoms with Gasteiger partial charge in [-0.25, -0.2) is 9.78 Å². The number of cyclic esters (lactones) is 1. The fourth-order valence-electron chi connectivity index (χ4n) is 4.09. The molecule has 1 aromatic carbocycles. The number of benzene rings is 1. The largest absolute Gasteiger partial charge is 0.457 e. The van der Waals surface area contributed by atoms with Gasteiger partial charge in [-0.15, -0.1) is 0 Å². The van der Waals surface area contributed by atoms with Crippen LogP contribution >= 0.6 is 0 Å². The molecule has 4 rings (SSSR count). The highest BCUT2D eigenvalue weighted by molar-refractivity contribution is 5.93. The van der Waals surface area contributed by atoms with Gasteiger partial charge < -0.3 is 20.1 Å². The Balaban J connectivity index is 1.31. The zero-order chi connectivity index (χ0) is 20.4. The molecule has 0 spiro atoms. The maximum atomic E-state index is 11.7. The number of nitrogens with one attached hydrogen (secondary N) is 1. The normalized spacial score (nSPS) is 18.0. The Labute approximate surface area is 169 Å². The van der Waals surface area contributed by atoms with Crippen molar-refractivity contribution in [2.45, 2.75) is 38.5 Å². The highest BCUT2D eigenvalue weighted by Gasteiger charge is 2.27. The van der Waals surface area contributed by atoms with Crippen LogP contribution in [0.3, 0.4) is 0 Å². The number of nitriles is 1. The van der Waals surface area contributed by atoms with Crippen molar-refractivity contribution in [3.63, 3.8) is 0 Å². The first-order valence-corrected chi connectivity index (χ1v) is 9.87. The molecule has 1 unspecified atom stereocenters. The minimum atomic E-state index is -0.597. The van der Waals surface area contributed by atoms with E-state index in [-0.39, 0.29) is 5.97 Å². The Morgan fingerprint density at radius 3 is 2.83 bits per heavy atom. The standard InChI is InChI=1S/C22H24N4O3/c1-14-17(3-4-18-19(14)13-29-22(18)28)20(27)12-26-8-6-16(7-9-26)25-21-5-2-15(10-23)11-24-21/h2-5,11,16,20,27H,6-9,12-13H2,1H3,(H,24,25). The number of carbonyl (C=O) groups is 1. The molecule has 2 aliphatic rings. The second-order valence-corrected chi connectivity index (χ2v) is 7.66. The van der Waals surface area contributed by atoms with Crippen LogP contribution < -0.4 is 5.32 Å². The van der Waals surface area contributed by atoms with E-state index < -0.39 is 6.10 Å². The quantitative estimate of drug-likeness (QED) is 0.755. The number of hydrogen-bond donors (Lipinski definition) is 2. The molecule has 1 fully saturated rings. The number of aliphatic hydroxyl groups excluding tert-OH is 1. The Bertz CT molecular complexity index is 944. The lowest BCUT2D eigenvalue weighted by Gasteiger charge is -2.34. The van der Waals surface area contributed by atoms with Gasteiger partial charge in [0.05, 0.1) is 17.2 Å². The van der Waals surface area contributed by atoms with Gasteiger partial charge in [-0.3, -0.25) is 0 Å². The van der Waals surface area contributed by atoms with E-state index in [9.17, 15) is 9.90 Å². The van der Waals surface area contributed by atoms with E-state index in [0.717, 1.165) is 48.4 Å². The van der Waals surface area contributed by atoms with Crippen molar-refractivity contribution >= 4 is 11.8 Å². The molecule has 2 aromatic rings. The van der Waals surface area contributed by atoms with E-state index in [0.29, 0.717) is 30.3 Å². The number of nitrogens with zero attached hydrogens (tertiary/aromatic N) is 3. The summed E-state index contributed by atoms with van der Waals surface area (Å²) in [5.41, 5.74) is 3.87. The molecule has 2 aliphatic heterocycles. The van der Waals surface area contributed by atoms with Gasteiger partial charge >= 0.3 is 5.97 Å². The van der Waals surface area contributed by atoms with E-state index in [1.807, 2.05) is 19.1 Å². The Morgan fingerprint density at radius 2 is 2.14 bits per heavy atom. The first-order chi connectivity index (χ1) is 14.0. The van der Waals surface area contributed by atoms with Crippen molar-refractivity contribution in [2.75, 3.05) is 25.0 Å². The number of β-amino-alcohol motifs (C(OH)–C–C–N with tert-alkyl or cyclic N) is 1. The maximum Gasteiger partial charge on any atom is 0.338 e. The van der Waals surface area contributed by atoms with Gasteiger partial charge in [0.1, 0.15) is 18.5 Å². The first-order valence-electron chi connectivity index (χ1n) is 9.87. The van der Waals surface area contributed by atoms with Crippen LogP contribution in [0.1, 0.15) is 51.6 Å². The molecule has 7 nitrogen and oxygen atoms in total. The number of fused-ring (bicyclic) bond motifs is 1. The van der Waals surface area contributed by atoms with Gasteiger partial charge in [0.2, 0.25) is 0 Å². The molecule has 1 atom stereocenters. The van der Waals surface area contributed by atoms with Crippen molar-refractivity contribution in [3.05, 3.63) is 58.3 Å². The monoisotopic (exact) mass is 392 g/mol. The summed E-state index contributed by atoms with van der Waals surface area (Å²) in [7, 11) is 0. The van der Waals surface area contributed by atoms with Gasteiger partial charge in [0.25, 0.3) is 0 Å². The number of hydrogen-bond acceptors (Lipinski definition) is 7. The predicted octanol–water partition coefficient (Wildman–Crippen LogP) is 2.54. The van der Waals surface area contributed by atoms with Gasteiger partial charge in [0.15, 0.2) is 0 Å². The van der Waals surface area contributed by atoms with Crippen molar-refractivity contribution in [1.82, 2.24) is 9.88 Å². The van der Waals surface area contributed by atoms with Crippen LogP contribution in [0, 0.1) is 18.3 Å². The van der Waals surface area contributed by atoms with Crippen LogP contribution in [-0.2, 0) is 11.3 Å². The van der Waals surface area contributed by atoms with Crippen LogP contribution in [0.4, 0.5) is 5.82 Å². The number of anilines is 1. The van der Waals surface area contributed by atoms with Crippen molar-refractivity contribution in [2.24, 2.45) is 0 Å². The molecule has 0 saturated carbocycles. The topological polar surface area (TPSA) is 98.5 Å². The molecule has 2 N–H and O–H groups in total. The zero-order valence-corrected chi connectivity index (χ0v) is 16.4. The molecule has 150 valence electrons. The van der Waals surface area contributed by atoms with E-state index in [4.69, 9.17) is 10.00 Å². The van der Waals surface area contributed by atoms with Crippen LogP contribution in [0.2, 0.25) is 0 Å². The first kappa shape index (κ1) is 19.4. The summed E-state index contributed by atoms with van der Waals surface area (Å²) in [6.45, 7) is 4.57. The van der Waals surface area contributed by atoms with Gasteiger partial charge in [0, 0.05) is 37.4 Å². The highest BCUT2D eigenvalue weighted by Crippen LogP contribution is 2.30. The molecule has 1 aromatic heterocycles. The summed E-state index contributed by atoms with van der Waals surface area (Å²) >= 11 is 0. The van der Waals surface area contributed by atoms with Crippen LogP contribution in [0.15, 0.2) is 30.5 Å². The molecular formula is C22H24N4O3. The van der Waals surface area contributed by atoms with Crippen LogP contribution in [-0.4, -0.2) is 46.6 Å². The number of pyridine rings is 1. The molecule has 0 radical (unpaired) electrons. The van der Waals surface area contributed by atoms with E-state index in [1.165, 1.54) is 0 Å². The molecule has 0 bridgehead atoms. The number of ether oxygens (including phenoxy) is 1. The van der Waals surface area contributed by atoms with Crippen LogP contribution in [0.5, 0.6) is 0 Å². The van der Waals surface area contributed by atoms with Crippen molar-refractivity contribution in [1.29, 1.82) is 5.26 Å². The molecule has 0 amide bonds. The average molecular weight is 392 g/mol. The predicted molar refractivity (Wildman–Crippen MR) is 107 cm³/mol. The third-order valence-corrected chi connectivity index (χ3v) is 5.83. The second kappa shape index (κ2) is 8.19. The second-order valence-electron chi connectivity index (χ2n) is 7.66. The third-order valence-electron chi connectivity index (χ3n) is 5.83. The zero-order valence-electron chi connectivity index (χ0n) is 16.4. The van der Waals surface area contributed by atoms with E-state index in [1.54, 1.807) is 18.3 Å². The average Bonchev–Trinajstić information content (AvgIpc) is 3.12. The number of aromatic nitrogens is 1. The highest BCUT2D eigenvalue weighted by atomic mass is 16.5. The number of esters is 1. The smallest absolute Gasteiger partial charge is 0.338 e.